The number of nitrogens with zero attached hydrogens (tertiary/aromatic N) is 1. The molecule has 2 heteroatoms. The van der Waals surface area contributed by atoms with E-state index >= 15 is 0 Å². The average Bonchev–Trinajstić information content (AvgIpc) is 2.46. The summed E-state index contributed by atoms with van der Waals surface area (Å²) in [6, 6.07) is 0.401. The van der Waals surface area contributed by atoms with Crippen molar-refractivity contribution in [1.29, 1.82) is 0 Å². The molecule has 0 radical (unpaired) electrons. The minimum Gasteiger partial charge on any atom is -0.633 e. The molecule has 1 aliphatic rings. The molecule has 0 spiro atoms. The number of unbranched alkanes of at least 4 members (excludes halogenated alkanes) is 8. The van der Waals surface area contributed by atoms with E-state index in [0.717, 1.165) is 25.8 Å². The highest BCUT2D eigenvalue weighted by Gasteiger charge is 2.25. The molecule has 2 nitrogen and oxygen atoms in total. The molecule has 1 fully saturated rings. The van der Waals surface area contributed by atoms with Crippen LogP contribution in [0.15, 0.2) is 0 Å². The maximum atomic E-state index is 12.6. The Kier molecular flexibility index (Phi) is 9.54. The maximum Gasteiger partial charge on any atom is 0.0885 e. The molecule has 1 saturated carbocycles. The van der Waals surface area contributed by atoms with Crippen LogP contribution in [-0.4, -0.2) is 24.3 Å². The lowest BCUT2D eigenvalue weighted by Gasteiger charge is -2.47. The fraction of sp³-hybridized carbons (Fsp3) is 1.00. The van der Waals surface area contributed by atoms with Crippen molar-refractivity contribution in [2.24, 2.45) is 0 Å². The molecule has 1 unspecified atom stereocenters. The molecule has 0 aliphatic heterocycles. The van der Waals surface area contributed by atoms with Crippen LogP contribution in [0.25, 0.3) is 0 Å². The van der Waals surface area contributed by atoms with E-state index in [2.05, 4.69) is 6.92 Å². The third-order valence-corrected chi connectivity index (χ3v) is 5.05. The first kappa shape index (κ1) is 18.0. The fourth-order valence-corrected chi connectivity index (χ4v) is 3.55. The Bertz CT molecular complexity index is 221. The zero-order valence-corrected chi connectivity index (χ0v) is 14.0. The summed E-state index contributed by atoms with van der Waals surface area (Å²) in [6.07, 6.45) is 18.3. The van der Waals surface area contributed by atoms with Gasteiger partial charge in [0.25, 0.3) is 0 Å². The monoisotopic (exact) mass is 283 g/mol. The summed E-state index contributed by atoms with van der Waals surface area (Å²) >= 11 is 0. The number of rotatable bonds is 11. The first-order chi connectivity index (χ1) is 9.67. The third-order valence-electron chi connectivity index (χ3n) is 5.05. The predicted molar refractivity (Wildman–Crippen MR) is 88.5 cm³/mol. The van der Waals surface area contributed by atoms with Crippen LogP contribution in [0.2, 0.25) is 0 Å². The lowest BCUT2D eigenvalue weighted by Crippen LogP contribution is -2.48. The molecule has 0 aromatic rings. The summed E-state index contributed by atoms with van der Waals surface area (Å²) < 4.78 is 0.0382. The summed E-state index contributed by atoms with van der Waals surface area (Å²) in [6.45, 7) is 3.12. The second-order valence-corrected chi connectivity index (χ2v) is 7.02. The van der Waals surface area contributed by atoms with Crippen molar-refractivity contribution < 1.29 is 4.65 Å². The van der Waals surface area contributed by atoms with E-state index in [1.165, 1.54) is 70.6 Å². The topological polar surface area (TPSA) is 23.1 Å². The molecular formula is C18H37NO. The van der Waals surface area contributed by atoms with Crippen LogP contribution < -0.4 is 0 Å². The number of hydroxylamine groups is 3. The van der Waals surface area contributed by atoms with Crippen LogP contribution in [0.5, 0.6) is 0 Å². The van der Waals surface area contributed by atoms with Gasteiger partial charge in [0, 0.05) is 0 Å². The highest BCUT2D eigenvalue weighted by Crippen LogP contribution is 2.26. The van der Waals surface area contributed by atoms with E-state index in [9.17, 15) is 5.21 Å². The summed E-state index contributed by atoms with van der Waals surface area (Å²) in [7, 11) is 1.92. The molecule has 0 N–H and O–H groups in total. The summed E-state index contributed by atoms with van der Waals surface area (Å²) in [5.41, 5.74) is 0. The van der Waals surface area contributed by atoms with E-state index in [4.69, 9.17) is 0 Å². The van der Waals surface area contributed by atoms with Crippen molar-refractivity contribution in [3.05, 3.63) is 5.21 Å². The van der Waals surface area contributed by atoms with Gasteiger partial charge in [0.15, 0.2) is 0 Å². The molecule has 1 rings (SSSR count). The van der Waals surface area contributed by atoms with Gasteiger partial charge < -0.3 is 9.85 Å². The molecule has 1 aliphatic carbocycles. The van der Waals surface area contributed by atoms with Gasteiger partial charge >= 0.3 is 0 Å². The van der Waals surface area contributed by atoms with Gasteiger partial charge in [0.2, 0.25) is 0 Å². The maximum absolute atomic E-state index is 12.6. The highest BCUT2D eigenvalue weighted by molar-refractivity contribution is 4.67. The Morgan fingerprint density at radius 3 is 1.85 bits per heavy atom. The van der Waals surface area contributed by atoms with Crippen LogP contribution >= 0.6 is 0 Å². The SMILES string of the molecule is CCCCCCCCCCC[N+](C)([O-])C1CCCCC1. The van der Waals surface area contributed by atoms with E-state index in [-0.39, 0.29) is 4.65 Å². The van der Waals surface area contributed by atoms with Crippen molar-refractivity contribution in [1.82, 2.24) is 0 Å². The Labute approximate surface area is 127 Å². The Morgan fingerprint density at radius 1 is 0.800 bits per heavy atom. The Hall–Kier alpha value is -0.0800. The summed E-state index contributed by atoms with van der Waals surface area (Å²) in [4.78, 5) is 0. The van der Waals surface area contributed by atoms with Gasteiger partial charge in [-0.25, -0.2) is 0 Å². The molecule has 120 valence electrons. The highest BCUT2D eigenvalue weighted by atomic mass is 16.5. The Morgan fingerprint density at radius 2 is 1.30 bits per heavy atom. The average molecular weight is 284 g/mol. The standard InChI is InChI=1S/C18H37NO/c1-3-4-5-6-7-8-9-10-14-17-19(2,20)18-15-12-11-13-16-18/h18H,3-17H2,1-2H3. The number of hydrogen-bond acceptors (Lipinski definition) is 1. The van der Waals surface area contributed by atoms with Crippen LogP contribution in [0.4, 0.5) is 0 Å². The molecule has 20 heavy (non-hydrogen) atoms. The quantitative estimate of drug-likeness (QED) is 0.267. The zero-order chi connectivity index (χ0) is 14.7. The van der Waals surface area contributed by atoms with Crippen LogP contribution in [-0.2, 0) is 0 Å². The fourth-order valence-electron chi connectivity index (χ4n) is 3.55. The minimum atomic E-state index is 0.0382. The van der Waals surface area contributed by atoms with E-state index in [1.807, 2.05) is 7.05 Å². The first-order valence-corrected chi connectivity index (χ1v) is 9.23. The van der Waals surface area contributed by atoms with E-state index in [1.54, 1.807) is 0 Å². The molecule has 1 atom stereocenters. The Balaban J connectivity index is 1.96. The summed E-state index contributed by atoms with van der Waals surface area (Å²) in [5.74, 6) is 0. The smallest absolute Gasteiger partial charge is 0.0885 e. The van der Waals surface area contributed by atoms with Crippen molar-refractivity contribution in [2.75, 3.05) is 13.6 Å². The molecule has 0 amide bonds. The summed E-state index contributed by atoms with van der Waals surface area (Å²) in [5, 5.41) is 12.6. The second kappa shape index (κ2) is 10.6. The predicted octanol–water partition coefficient (Wildman–Crippen LogP) is 5.79. The zero-order valence-electron chi connectivity index (χ0n) is 14.0. The molecule has 0 saturated heterocycles. The second-order valence-electron chi connectivity index (χ2n) is 7.02. The van der Waals surface area contributed by atoms with Crippen LogP contribution in [0, 0.1) is 5.21 Å². The van der Waals surface area contributed by atoms with Gasteiger partial charge in [-0.1, -0.05) is 58.3 Å². The van der Waals surface area contributed by atoms with Crippen LogP contribution in [0.1, 0.15) is 96.8 Å². The number of quaternary nitrogens is 1. The van der Waals surface area contributed by atoms with Gasteiger partial charge in [-0.3, -0.25) is 0 Å². The number of hydrogen-bond donors (Lipinski definition) is 0. The molecule has 0 aromatic heterocycles. The van der Waals surface area contributed by atoms with Crippen LogP contribution in [0.3, 0.4) is 0 Å². The van der Waals surface area contributed by atoms with Gasteiger partial charge in [0.05, 0.1) is 19.6 Å². The van der Waals surface area contributed by atoms with Crippen molar-refractivity contribution in [3.63, 3.8) is 0 Å². The van der Waals surface area contributed by atoms with E-state index < -0.39 is 0 Å². The third kappa shape index (κ3) is 7.64. The normalized spacial score (nSPS) is 19.9. The van der Waals surface area contributed by atoms with Crippen molar-refractivity contribution in [3.8, 4) is 0 Å². The lowest BCUT2D eigenvalue weighted by molar-refractivity contribution is -0.888. The van der Waals surface area contributed by atoms with Gasteiger partial charge in [-0.2, -0.15) is 0 Å². The van der Waals surface area contributed by atoms with Crippen molar-refractivity contribution in [2.45, 2.75) is 103 Å². The minimum absolute atomic E-state index is 0.0382. The molecule has 0 heterocycles. The molecule has 0 aromatic carbocycles. The largest absolute Gasteiger partial charge is 0.633 e. The van der Waals surface area contributed by atoms with Gasteiger partial charge in [-0.05, 0) is 38.5 Å². The van der Waals surface area contributed by atoms with Gasteiger partial charge in [0.1, 0.15) is 0 Å². The van der Waals surface area contributed by atoms with Gasteiger partial charge in [-0.15, -0.1) is 0 Å². The first-order valence-electron chi connectivity index (χ1n) is 9.23. The van der Waals surface area contributed by atoms with Crippen molar-refractivity contribution >= 4 is 0 Å². The van der Waals surface area contributed by atoms with E-state index in [0.29, 0.717) is 6.04 Å². The molecule has 0 bridgehead atoms. The lowest BCUT2D eigenvalue weighted by atomic mass is 9.94. The molecular weight excluding hydrogens is 246 g/mol.